The lowest BCUT2D eigenvalue weighted by Gasteiger charge is -2.13. The van der Waals surface area contributed by atoms with Crippen molar-refractivity contribution < 1.29 is 9.84 Å². The Balaban J connectivity index is 1.41. The number of rotatable bonds is 6. The van der Waals surface area contributed by atoms with E-state index in [1.807, 2.05) is 60.7 Å². The molecule has 0 bridgehead atoms. The fourth-order valence-corrected chi connectivity index (χ4v) is 2.71. The molecule has 0 aliphatic carbocycles. The molecular formula is C19H17N5O2. The molecule has 4 rings (SSSR count). The van der Waals surface area contributed by atoms with Crippen LogP contribution < -0.4 is 4.74 Å². The first-order valence-electron chi connectivity index (χ1n) is 8.27. The van der Waals surface area contributed by atoms with Crippen molar-refractivity contribution in [2.75, 3.05) is 6.61 Å². The van der Waals surface area contributed by atoms with Crippen molar-refractivity contribution in [3.8, 4) is 17.3 Å². The summed E-state index contributed by atoms with van der Waals surface area (Å²) >= 11 is 0. The van der Waals surface area contributed by atoms with Crippen molar-refractivity contribution >= 4 is 10.8 Å². The Hall–Kier alpha value is -3.32. The number of nitrogens with zero attached hydrogens (tertiary/aromatic N) is 5. The second-order valence-corrected chi connectivity index (χ2v) is 5.87. The van der Waals surface area contributed by atoms with E-state index in [1.165, 1.54) is 4.68 Å². The number of benzene rings is 2. The standard InChI is InChI=1S/C19H17N5O2/c25-16(12-24-19(21-22-23-24)18-7-3-4-10-20-18)13-26-17-9-8-14-5-1-2-6-15(14)11-17/h1-11,16,25H,12-13H2. The Labute approximate surface area is 149 Å². The highest BCUT2D eigenvalue weighted by atomic mass is 16.5. The molecule has 0 saturated carbocycles. The van der Waals surface area contributed by atoms with Crippen molar-refractivity contribution in [1.29, 1.82) is 0 Å². The zero-order valence-electron chi connectivity index (χ0n) is 13.9. The fourth-order valence-electron chi connectivity index (χ4n) is 2.71. The van der Waals surface area contributed by atoms with Gasteiger partial charge in [-0.25, -0.2) is 4.68 Å². The lowest BCUT2D eigenvalue weighted by Crippen LogP contribution is -2.24. The molecule has 7 heteroatoms. The molecule has 0 aliphatic rings. The molecule has 0 spiro atoms. The molecule has 0 saturated heterocycles. The summed E-state index contributed by atoms with van der Waals surface area (Å²) in [5, 5.41) is 24.1. The number of ether oxygens (including phenoxy) is 1. The predicted molar refractivity (Wildman–Crippen MR) is 96.5 cm³/mol. The molecule has 130 valence electrons. The molecule has 2 heterocycles. The highest BCUT2D eigenvalue weighted by Gasteiger charge is 2.14. The number of hydrogen-bond acceptors (Lipinski definition) is 6. The van der Waals surface area contributed by atoms with Crippen molar-refractivity contribution in [2.45, 2.75) is 12.6 Å². The predicted octanol–water partition coefficient (Wildman–Crippen LogP) is 2.33. The smallest absolute Gasteiger partial charge is 0.200 e. The van der Waals surface area contributed by atoms with Crippen LogP contribution in [-0.4, -0.2) is 43.0 Å². The largest absolute Gasteiger partial charge is 0.491 e. The summed E-state index contributed by atoms with van der Waals surface area (Å²) in [5.74, 6) is 1.22. The SMILES string of the molecule is OC(COc1ccc2ccccc2c1)Cn1nnnc1-c1ccccn1. The minimum atomic E-state index is -0.757. The van der Waals surface area contributed by atoms with Crippen LogP contribution in [0.1, 0.15) is 0 Å². The maximum absolute atomic E-state index is 10.3. The van der Waals surface area contributed by atoms with E-state index in [4.69, 9.17) is 4.74 Å². The van der Waals surface area contributed by atoms with Gasteiger partial charge in [-0.3, -0.25) is 4.98 Å². The summed E-state index contributed by atoms with van der Waals surface area (Å²) in [5.41, 5.74) is 0.653. The van der Waals surface area contributed by atoms with Crippen LogP contribution in [0.4, 0.5) is 0 Å². The zero-order chi connectivity index (χ0) is 17.8. The highest BCUT2D eigenvalue weighted by molar-refractivity contribution is 5.83. The molecular weight excluding hydrogens is 330 g/mol. The molecule has 4 aromatic rings. The van der Waals surface area contributed by atoms with E-state index in [0.29, 0.717) is 17.3 Å². The first-order chi connectivity index (χ1) is 12.8. The summed E-state index contributed by atoms with van der Waals surface area (Å²) in [7, 11) is 0. The van der Waals surface area contributed by atoms with E-state index in [9.17, 15) is 5.11 Å². The lowest BCUT2D eigenvalue weighted by molar-refractivity contribution is 0.0893. The van der Waals surface area contributed by atoms with Crippen LogP contribution in [0.15, 0.2) is 66.9 Å². The molecule has 2 aromatic heterocycles. The Bertz CT molecular complexity index is 1000. The average molecular weight is 347 g/mol. The number of pyridine rings is 1. The first kappa shape index (κ1) is 16.2. The van der Waals surface area contributed by atoms with E-state index in [-0.39, 0.29) is 13.2 Å². The van der Waals surface area contributed by atoms with E-state index >= 15 is 0 Å². The van der Waals surface area contributed by atoms with Gasteiger partial charge in [-0.05, 0) is 45.5 Å². The molecule has 1 N–H and O–H groups in total. The van der Waals surface area contributed by atoms with Crippen LogP contribution in [0.2, 0.25) is 0 Å². The third-order valence-corrected chi connectivity index (χ3v) is 3.97. The molecule has 0 fully saturated rings. The van der Waals surface area contributed by atoms with Crippen molar-refractivity contribution in [2.24, 2.45) is 0 Å². The van der Waals surface area contributed by atoms with Gasteiger partial charge in [0.2, 0.25) is 5.82 Å². The van der Waals surface area contributed by atoms with Crippen molar-refractivity contribution in [1.82, 2.24) is 25.2 Å². The Morgan fingerprint density at radius 1 is 1.00 bits per heavy atom. The molecule has 7 nitrogen and oxygen atoms in total. The lowest BCUT2D eigenvalue weighted by atomic mass is 10.1. The van der Waals surface area contributed by atoms with Crippen LogP contribution in [0.3, 0.4) is 0 Å². The second-order valence-electron chi connectivity index (χ2n) is 5.87. The van der Waals surface area contributed by atoms with Gasteiger partial charge < -0.3 is 9.84 Å². The normalized spacial score (nSPS) is 12.2. The molecule has 0 aliphatic heterocycles. The molecule has 0 radical (unpaired) electrons. The van der Waals surface area contributed by atoms with Crippen LogP contribution in [-0.2, 0) is 6.54 Å². The number of hydrogen-bond donors (Lipinski definition) is 1. The zero-order valence-corrected chi connectivity index (χ0v) is 13.9. The van der Waals surface area contributed by atoms with Gasteiger partial charge in [0.25, 0.3) is 0 Å². The van der Waals surface area contributed by atoms with Crippen LogP contribution in [0.5, 0.6) is 5.75 Å². The fraction of sp³-hybridized carbons (Fsp3) is 0.158. The molecule has 2 aromatic carbocycles. The third kappa shape index (κ3) is 3.52. The Morgan fingerprint density at radius 2 is 1.85 bits per heavy atom. The molecule has 1 atom stereocenters. The minimum absolute atomic E-state index is 0.139. The Kier molecular flexibility index (Phi) is 4.53. The monoisotopic (exact) mass is 347 g/mol. The van der Waals surface area contributed by atoms with Gasteiger partial charge >= 0.3 is 0 Å². The summed E-state index contributed by atoms with van der Waals surface area (Å²) in [6.07, 6.45) is 0.917. The minimum Gasteiger partial charge on any atom is -0.491 e. The maximum atomic E-state index is 10.3. The van der Waals surface area contributed by atoms with Gasteiger partial charge in [-0.2, -0.15) is 0 Å². The van der Waals surface area contributed by atoms with Gasteiger partial charge in [0.1, 0.15) is 24.2 Å². The van der Waals surface area contributed by atoms with Gasteiger partial charge in [0, 0.05) is 6.20 Å². The summed E-state index contributed by atoms with van der Waals surface area (Å²) in [6.45, 7) is 0.354. The first-order valence-corrected chi connectivity index (χ1v) is 8.27. The van der Waals surface area contributed by atoms with Gasteiger partial charge in [-0.15, -0.1) is 5.10 Å². The van der Waals surface area contributed by atoms with Crippen LogP contribution in [0.25, 0.3) is 22.3 Å². The molecule has 0 amide bonds. The average Bonchev–Trinajstić information content (AvgIpc) is 3.15. The van der Waals surface area contributed by atoms with E-state index in [0.717, 1.165) is 10.8 Å². The summed E-state index contributed by atoms with van der Waals surface area (Å²) in [4.78, 5) is 4.24. The molecule has 1 unspecified atom stereocenters. The maximum Gasteiger partial charge on any atom is 0.200 e. The quantitative estimate of drug-likeness (QED) is 0.576. The number of aliphatic hydroxyl groups is 1. The highest BCUT2D eigenvalue weighted by Crippen LogP contribution is 2.20. The number of fused-ring (bicyclic) bond motifs is 1. The third-order valence-electron chi connectivity index (χ3n) is 3.97. The van der Waals surface area contributed by atoms with Crippen molar-refractivity contribution in [3.63, 3.8) is 0 Å². The van der Waals surface area contributed by atoms with Gasteiger partial charge in [-0.1, -0.05) is 36.4 Å². The molecule has 26 heavy (non-hydrogen) atoms. The topological polar surface area (TPSA) is 86.0 Å². The van der Waals surface area contributed by atoms with Crippen LogP contribution in [0, 0.1) is 0 Å². The van der Waals surface area contributed by atoms with E-state index in [2.05, 4.69) is 20.5 Å². The van der Waals surface area contributed by atoms with Gasteiger partial charge in [0.15, 0.2) is 0 Å². The second kappa shape index (κ2) is 7.28. The van der Waals surface area contributed by atoms with Crippen LogP contribution >= 0.6 is 0 Å². The van der Waals surface area contributed by atoms with Crippen molar-refractivity contribution in [3.05, 3.63) is 66.9 Å². The number of aliphatic hydroxyl groups excluding tert-OH is 1. The van der Waals surface area contributed by atoms with Gasteiger partial charge in [0.05, 0.1) is 6.54 Å². The number of tetrazole rings is 1. The summed E-state index contributed by atoms with van der Waals surface area (Å²) in [6, 6.07) is 19.4. The Morgan fingerprint density at radius 3 is 2.69 bits per heavy atom. The summed E-state index contributed by atoms with van der Waals surface area (Å²) < 4.78 is 7.25. The number of aromatic nitrogens is 5. The van der Waals surface area contributed by atoms with E-state index in [1.54, 1.807) is 6.20 Å². The van der Waals surface area contributed by atoms with E-state index < -0.39 is 6.10 Å².